The van der Waals surface area contributed by atoms with Gasteiger partial charge in [0.15, 0.2) is 0 Å². The highest BCUT2D eigenvalue weighted by molar-refractivity contribution is 6.13. The van der Waals surface area contributed by atoms with Crippen molar-refractivity contribution < 1.29 is 0 Å². The Morgan fingerprint density at radius 3 is 0.792 bits per heavy atom. The monoisotopic (exact) mass is 612 g/mol. The summed E-state index contributed by atoms with van der Waals surface area (Å²) in [5, 5.41) is 21.2. The second-order valence-corrected chi connectivity index (χ2v) is 13.7. The first-order chi connectivity index (χ1) is 23.4. The lowest BCUT2D eigenvalue weighted by molar-refractivity contribution is 1.51. The molecule has 10 aromatic carbocycles. The SMILES string of the molecule is Cc1c2cc3ccccc3cc2c(C)c2cc3ccccc3cc12.Cc1ccc2cc3cc4cc5cc(C)ccc5cc4cc3cc2c1. The molecule has 0 atom stereocenters. The molecule has 0 aromatic heterocycles. The van der Waals surface area contributed by atoms with Gasteiger partial charge in [-0.3, -0.25) is 0 Å². The van der Waals surface area contributed by atoms with E-state index in [1.807, 2.05) is 0 Å². The fraction of sp³-hybridized carbons (Fsp3) is 0.0833. The molecule has 0 spiro atoms. The van der Waals surface area contributed by atoms with E-state index in [4.69, 9.17) is 0 Å². The second-order valence-electron chi connectivity index (χ2n) is 13.7. The maximum absolute atomic E-state index is 2.35. The van der Waals surface area contributed by atoms with Crippen molar-refractivity contribution in [3.05, 3.63) is 168 Å². The Kier molecular flexibility index (Phi) is 6.49. The Bertz CT molecular complexity index is 2630. The number of benzene rings is 10. The largest absolute Gasteiger partial charge is 0.0616 e. The van der Waals surface area contributed by atoms with Gasteiger partial charge in [-0.05, 0) is 186 Å². The topological polar surface area (TPSA) is 0 Å². The fourth-order valence-corrected chi connectivity index (χ4v) is 7.75. The van der Waals surface area contributed by atoms with Crippen molar-refractivity contribution >= 4 is 86.2 Å². The van der Waals surface area contributed by atoms with Crippen molar-refractivity contribution in [2.45, 2.75) is 27.7 Å². The average molecular weight is 613 g/mol. The average Bonchev–Trinajstić information content (AvgIpc) is 3.10. The minimum absolute atomic E-state index is 1.31. The first-order valence-electron chi connectivity index (χ1n) is 16.9. The molecule has 228 valence electrons. The molecule has 0 amide bonds. The number of rotatable bonds is 0. The summed E-state index contributed by atoms with van der Waals surface area (Å²) in [5.41, 5.74) is 5.37. The van der Waals surface area contributed by atoms with Crippen LogP contribution in [-0.2, 0) is 0 Å². The van der Waals surface area contributed by atoms with Crippen LogP contribution in [0.15, 0.2) is 146 Å². The summed E-state index contributed by atoms with van der Waals surface area (Å²) in [5.74, 6) is 0. The van der Waals surface area contributed by atoms with Gasteiger partial charge in [-0.1, -0.05) is 96.1 Å². The minimum atomic E-state index is 1.31. The molecule has 10 rings (SSSR count). The zero-order chi connectivity index (χ0) is 32.5. The summed E-state index contributed by atoms with van der Waals surface area (Å²) in [6, 6.07) is 53.9. The third-order valence-electron chi connectivity index (χ3n) is 10.4. The van der Waals surface area contributed by atoms with Gasteiger partial charge in [0, 0.05) is 0 Å². The third-order valence-corrected chi connectivity index (χ3v) is 10.4. The van der Waals surface area contributed by atoms with Crippen LogP contribution in [0.1, 0.15) is 22.3 Å². The van der Waals surface area contributed by atoms with Gasteiger partial charge in [0.2, 0.25) is 0 Å². The fourth-order valence-electron chi connectivity index (χ4n) is 7.75. The molecule has 0 nitrogen and oxygen atoms in total. The highest BCUT2D eigenvalue weighted by Gasteiger charge is 2.11. The van der Waals surface area contributed by atoms with E-state index >= 15 is 0 Å². The molecule has 0 aliphatic carbocycles. The van der Waals surface area contributed by atoms with Crippen LogP contribution in [0, 0.1) is 27.7 Å². The highest BCUT2D eigenvalue weighted by atomic mass is 14.1. The van der Waals surface area contributed by atoms with Gasteiger partial charge in [-0.2, -0.15) is 0 Å². The van der Waals surface area contributed by atoms with Gasteiger partial charge >= 0.3 is 0 Å². The highest BCUT2D eigenvalue weighted by Crippen LogP contribution is 2.37. The molecule has 0 saturated carbocycles. The zero-order valence-electron chi connectivity index (χ0n) is 27.9. The molecule has 10 aromatic rings. The number of hydrogen-bond acceptors (Lipinski definition) is 0. The van der Waals surface area contributed by atoms with Crippen molar-refractivity contribution in [3.8, 4) is 0 Å². The Labute approximate surface area is 280 Å². The first-order valence-corrected chi connectivity index (χ1v) is 16.9. The van der Waals surface area contributed by atoms with Gasteiger partial charge in [0.05, 0.1) is 0 Å². The normalized spacial score (nSPS) is 11.8. The van der Waals surface area contributed by atoms with Gasteiger partial charge in [0.1, 0.15) is 0 Å². The van der Waals surface area contributed by atoms with E-state index in [1.165, 1.54) is 108 Å². The maximum Gasteiger partial charge on any atom is -0.0139 e. The van der Waals surface area contributed by atoms with Crippen LogP contribution in [0.5, 0.6) is 0 Å². The van der Waals surface area contributed by atoms with Crippen LogP contribution in [0.3, 0.4) is 0 Å². The quantitative estimate of drug-likeness (QED) is 0.149. The van der Waals surface area contributed by atoms with Crippen molar-refractivity contribution in [1.82, 2.24) is 0 Å². The van der Waals surface area contributed by atoms with Crippen molar-refractivity contribution in [2.24, 2.45) is 0 Å². The second kappa shape index (κ2) is 10.9. The zero-order valence-corrected chi connectivity index (χ0v) is 27.9. The Hall–Kier alpha value is -5.72. The van der Waals surface area contributed by atoms with Gasteiger partial charge < -0.3 is 0 Å². The first kappa shape index (κ1) is 28.5. The summed E-state index contributed by atoms with van der Waals surface area (Å²) >= 11 is 0. The van der Waals surface area contributed by atoms with E-state index in [0.29, 0.717) is 0 Å². The lowest BCUT2D eigenvalue weighted by Gasteiger charge is -2.14. The van der Waals surface area contributed by atoms with Gasteiger partial charge in [-0.15, -0.1) is 0 Å². The summed E-state index contributed by atoms with van der Waals surface area (Å²) < 4.78 is 0. The van der Waals surface area contributed by atoms with Crippen LogP contribution in [0.2, 0.25) is 0 Å². The van der Waals surface area contributed by atoms with Crippen molar-refractivity contribution in [1.29, 1.82) is 0 Å². The molecule has 0 radical (unpaired) electrons. The Morgan fingerprint density at radius 2 is 0.479 bits per heavy atom. The smallest absolute Gasteiger partial charge is 0.0139 e. The standard InChI is InChI=1S/2C24H18/c1-15-3-5-17-9-21-14-24-12-20-8-16(2)4-6-18(20)10-22(24)13-23(21)11-19(17)7-15;1-15-21-11-17-7-3-5-9-19(17)13-23(21)16(2)24-14-20-10-6-4-8-18(20)12-22(15)24/h2*3-14H,1-2H3. The molecular formula is C48H36. The summed E-state index contributed by atoms with van der Waals surface area (Å²) in [6.45, 7) is 8.82. The molecular weight excluding hydrogens is 577 g/mol. The van der Waals surface area contributed by atoms with Gasteiger partial charge in [0.25, 0.3) is 0 Å². The lowest BCUT2D eigenvalue weighted by Crippen LogP contribution is -1.89. The molecule has 0 aliphatic rings. The number of aryl methyl sites for hydroxylation is 4. The van der Waals surface area contributed by atoms with Crippen LogP contribution < -0.4 is 0 Å². The summed E-state index contributed by atoms with van der Waals surface area (Å²) in [6.07, 6.45) is 0. The van der Waals surface area contributed by atoms with Crippen LogP contribution in [0.4, 0.5) is 0 Å². The van der Waals surface area contributed by atoms with Crippen molar-refractivity contribution in [3.63, 3.8) is 0 Å². The molecule has 48 heavy (non-hydrogen) atoms. The predicted molar refractivity (Wildman–Crippen MR) is 212 cm³/mol. The molecule has 0 unspecified atom stereocenters. The lowest BCUT2D eigenvalue weighted by atomic mass is 9.90. The molecule has 0 heterocycles. The van der Waals surface area contributed by atoms with Crippen molar-refractivity contribution in [2.75, 3.05) is 0 Å². The minimum Gasteiger partial charge on any atom is -0.0616 e. The summed E-state index contributed by atoms with van der Waals surface area (Å²) in [4.78, 5) is 0. The van der Waals surface area contributed by atoms with Crippen LogP contribution in [0.25, 0.3) is 86.2 Å². The Morgan fingerprint density at radius 1 is 0.229 bits per heavy atom. The summed E-state index contributed by atoms with van der Waals surface area (Å²) in [7, 11) is 0. The van der Waals surface area contributed by atoms with E-state index in [1.54, 1.807) is 0 Å². The number of hydrogen-bond donors (Lipinski definition) is 0. The molecule has 0 saturated heterocycles. The molecule has 0 heteroatoms. The van der Waals surface area contributed by atoms with E-state index in [-0.39, 0.29) is 0 Å². The Balaban J connectivity index is 0.000000131. The number of fused-ring (bicyclic) bond motifs is 8. The molecule has 0 aliphatic heterocycles. The van der Waals surface area contributed by atoms with Crippen LogP contribution >= 0.6 is 0 Å². The third kappa shape index (κ3) is 4.76. The van der Waals surface area contributed by atoms with E-state index in [2.05, 4.69) is 173 Å². The molecule has 0 fully saturated rings. The maximum atomic E-state index is 2.35. The van der Waals surface area contributed by atoms with E-state index in [9.17, 15) is 0 Å². The van der Waals surface area contributed by atoms with Gasteiger partial charge in [-0.25, -0.2) is 0 Å². The molecule has 0 bridgehead atoms. The predicted octanol–water partition coefficient (Wildman–Crippen LogP) is 13.8. The van der Waals surface area contributed by atoms with E-state index in [0.717, 1.165) is 0 Å². The van der Waals surface area contributed by atoms with Crippen LogP contribution in [-0.4, -0.2) is 0 Å². The molecule has 0 N–H and O–H groups in total. The van der Waals surface area contributed by atoms with E-state index < -0.39 is 0 Å².